The molecular formula is C10H17BrF3NO2S. The summed E-state index contributed by atoms with van der Waals surface area (Å²) < 4.78 is 61.3. The van der Waals surface area contributed by atoms with Gasteiger partial charge in [0, 0.05) is 24.3 Å². The molecule has 1 aliphatic heterocycles. The molecule has 0 amide bonds. The van der Waals surface area contributed by atoms with E-state index in [0.29, 0.717) is 11.9 Å². The predicted molar refractivity (Wildman–Crippen MR) is 67.2 cm³/mol. The molecule has 108 valence electrons. The highest BCUT2D eigenvalue weighted by atomic mass is 79.9. The van der Waals surface area contributed by atoms with Crippen molar-refractivity contribution in [3.8, 4) is 0 Å². The van der Waals surface area contributed by atoms with E-state index in [-0.39, 0.29) is 12.5 Å². The molecule has 0 aliphatic carbocycles. The van der Waals surface area contributed by atoms with E-state index in [1.807, 2.05) is 0 Å². The van der Waals surface area contributed by atoms with Crippen molar-refractivity contribution in [3.63, 3.8) is 0 Å². The van der Waals surface area contributed by atoms with Gasteiger partial charge in [0.05, 0.1) is 5.75 Å². The van der Waals surface area contributed by atoms with E-state index in [1.165, 1.54) is 4.31 Å². The van der Waals surface area contributed by atoms with Crippen LogP contribution in [0, 0.1) is 0 Å². The Morgan fingerprint density at radius 1 is 1.28 bits per heavy atom. The molecule has 0 aromatic rings. The third-order valence-corrected chi connectivity index (χ3v) is 5.72. The zero-order chi connectivity index (χ0) is 13.8. The van der Waals surface area contributed by atoms with Gasteiger partial charge in [0.15, 0.2) is 0 Å². The zero-order valence-corrected chi connectivity index (χ0v) is 12.3. The second kappa shape index (κ2) is 6.56. The van der Waals surface area contributed by atoms with Crippen molar-refractivity contribution in [1.29, 1.82) is 0 Å². The van der Waals surface area contributed by atoms with Gasteiger partial charge in [-0.15, -0.1) is 0 Å². The highest BCUT2D eigenvalue weighted by Gasteiger charge is 2.33. The van der Waals surface area contributed by atoms with Crippen molar-refractivity contribution >= 4 is 26.0 Å². The van der Waals surface area contributed by atoms with Crippen LogP contribution < -0.4 is 0 Å². The fraction of sp³-hybridized carbons (Fsp3) is 1.00. The molecule has 1 heterocycles. The van der Waals surface area contributed by atoms with Crippen LogP contribution in [-0.2, 0) is 10.0 Å². The first kappa shape index (κ1) is 16.2. The van der Waals surface area contributed by atoms with Gasteiger partial charge >= 0.3 is 6.18 Å². The minimum absolute atomic E-state index is 0.116. The van der Waals surface area contributed by atoms with E-state index in [4.69, 9.17) is 0 Å². The summed E-state index contributed by atoms with van der Waals surface area (Å²) in [6.07, 6.45) is -3.18. The first-order valence-corrected chi connectivity index (χ1v) is 8.61. The third-order valence-electron chi connectivity index (χ3n) is 2.97. The molecule has 1 aliphatic rings. The summed E-state index contributed by atoms with van der Waals surface area (Å²) in [7, 11) is -3.56. The van der Waals surface area contributed by atoms with Crippen molar-refractivity contribution in [1.82, 2.24) is 4.31 Å². The lowest BCUT2D eigenvalue weighted by Gasteiger charge is -2.33. The van der Waals surface area contributed by atoms with Crippen molar-refractivity contribution in [2.45, 2.75) is 44.3 Å². The summed E-state index contributed by atoms with van der Waals surface area (Å²) in [6.45, 7) is 0.421. The van der Waals surface area contributed by atoms with E-state index >= 15 is 0 Å². The number of hydrogen-bond donors (Lipinski definition) is 0. The lowest BCUT2D eigenvalue weighted by Crippen LogP contribution is -2.45. The predicted octanol–water partition coefficient (Wildman–Crippen LogP) is 2.91. The minimum Gasteiger partial charge on any atom is -0.212 e. The molecular weight excluding hydrogens is 335 g/mol. The average Bonchev–Trinajstić information content (AvgIpc) is 2.27. The molecule has 1 saturated heterocycles. The van der Waals surface area contributed by atoms with Gasteiger partial charge in [-0.1, -0.05) is 22.4 Å². The topological polar surface area (TPSA) is 37.4 Å². The number of hydrogen-bond acceptors (Lipinski definition) is 2. The molecule has 0 radical (unpaired) electrons. The van der Waals surface area contributed by atoms with Gasteiger partial charge in [-0.2, -0.15) is 17.5 Å². The Balaban J connectivity index is 2.56. The van der Waals surface area contributed by atoms with Crippen LogP contribution in [0.15, 0.2) is 0 Å². The summed E-state index contributed by atoms with van der Waals surface area (Å²) in [6, 6.07) is -0.116. The molecule has 0 saturated carbocycles. The Kier molecular flexibility index (Phi) is 5.92. The maximum Gasteiger partial charge on any atom is 0.389 e. The number of nitrogens with zero attached hydrogens (tertiary/aromatic N) is 1. The highest BCUT2D eigenvalue weighted by Crippen LogP contribution is 2.25. The lowest BCUT2D eigenvalue weighted by atomic mass is 10.1. The fourth-order valence-corrected chi connectivity index (χ4v) is 4.72. The molecule has 0 N–H and O–H groups in total. The normalized spacial score (nSPS) is 23.2. The second-order valence-electron chi connectivity index (χ2n) is 4.45. The van der Waals surface area contributed by atoms with E-state index in [9.17, 15) is 21.6 Å². The first-order valence-electron chi connectivity index (χ1n) is 5.88. The molecule has 1 atom stereocenters. The number of rotatable bonds is 5. The van der Waals surface area contributed by atoms with E-state index in [0.717, 1.165) is 19.3 Å². The molecule has 8 heteroatoms. The van der Waals surface area contributed by atoms with Gasteiger partial charge in [0.1, 0.15) is 0 Å². The molecule has 0 aromatic heterocycles. The van der Waals surface area contributed by atoms with Crippen molar-refractivity contribution < 1.29 is 21.6 Å². The lowest BCUT2D eigenvalue weighted by molar-refractivity contribution is -0.134. The maximum absolute atomic E-state index is 12.0. The van der Waals surface area contributed by atoms with Crippen LogP contribution in [0.4, 0.5) is 13.2 Å². The molecule has 18 heavy (non-hydrogen) atoms. The molecule has 0 bridgehead atoms. The Hall–Kier alpha value is 0.180. The van der Waals surface area contributed by atoms with Crippen molar-refractivity contribution in [2.75, 3.05) is 17.6 Å². The van der Waals surface area contributed by atoms with Gasteiger partial charge < -0.3 is 0 Å². The monoisotopic (exact) mass is 351 g/mol. The summed E-state index contributed by atoms with van der Waals surface area (Å²) in [5.41, 5.74) is 0. The van der Waals surface area contributed by atoms with Gasteiger partial charge in [-0.05, 0) is 19.3 Å². The standard InChI is InChI=1S/C10H17BrF3NO2S/c11-8-9-4-1-2-6-15(9)18(16,17)7-3-5-10(12,13)14/h9H,1-8H2. The average molecular weight is 352 g/mol. The van der Waals surface area contributed by atoms with E-state index in [1.54, 1.807) is 0 Å². The first-order chi connectivity index (χ1) is 8.26. The number of sulfonamides is 1. The Bertz CT molecular complexity index is 359. The van der Waals surface area contributed by atoms with Crippen LogP contribution in [0.5, 0.6) is 0 Å². The van der Waals surface area contributed by atoms with Gasteiger partial charge in [0.25, 0.3) is 0 Å². The summed E-state index contributed by atoms with van der Waals surface area (Å²) in [5, 5.41) is 0.533. The van der Waals surface area contributed by atoms with Crippen molar-refractivity contribution in [2.24, 2.45) is 0 Å². The van der Waals surface area contributed by atoms with Crippen LogP contribution in [-0.4, -0.2) is 42.6 Å². The smallest absolute Gasteiger partial charge is 0.212 e. The number of piperidine rings is 1. The van der Waals surface area contributed by atoms with Crippen LogP contribution in [0.1, 0.15) is 32.1 Å². The SMILES string of the molecule is O=S(=O)(CCCC(F)(F)F)N1CCCCC1CBr. The minimum atomic E-state index is -4.29. The Morgan fingerprint density at radius 3 is 2.50 bits per heavy atom. The molecule has 3 nitrogen and oxygen atoms in total. The second-order valence-corrected chi connectivity index (χ2v) is 7.14. The summed E-state index contributed by atoms with van der Waals surface area (Å²) in [4.78, 5) is 0. The third kappa shape index (κ3) is 5.05. The van der Waals surface area contributed by atoms with Crippen LogP contribution in [0.2, 0.25) is 0 Å². The fourth-order valence-electron chi connectivity index (χ4n) is 2.07. The highest BCUT2D eigenvalue weighted by molar-refractivity contribution is 9.09. The molecule has 0 spiro atoms. The van der Waals surface area contributed by atoms with Crippen LogP contribution in [0.3, 0.4) is 0 Å². The molecule has 1 fully saturated rings. The van der Waals surface area contributed by atoms with Crippen LogP contribution in [0.25, 0.3) is 0 Å². The van der Waals surface area contributed by atoms with Gasteiger partial charge in [-0.25, -0.2) is 8.42 Å². The maximum atomic E-state index is 12.0. The molecule has 1 rings (SSSR count). The zero-order valence-electron chi connectivity index (χ0n) is 9.92. The molecule has 1 unspecified atom stereocenters. The number of alkyl halides is 4. The van der Waals surface area contributed by atoms with Gasteiger partial charge in [-0.3, -0.25) is 0 Å². The van der Waals surface area contributed by atoms with E-state index in [2.05, 4.69) is 15.9 Å². The van der Waals surface area contributed by atoms with Crippen molar-refractivity contribution in [3.05, 3.63) is 0 Å². The Labute approximate surface area is 114 Å². The molecule has 0 aromatic carbocycles. The van der Waals surface area contributed by atoms with Crippen LogP contribution >= 0.6 is 15.9 Å². The number of halogens is 4. The summed E-state index contributed by atoms with van der Waals surface area (Å²) >= 11 is 3.26. The quantitative estimate of drug-likeness (QED) is 0.714. The Morgan fingerprint density at radius 2 is 1.94 bits per heavy atom. The largest absolute Gasteiger partial charge is 0.389 e. The van der Waals surface area contributed by atoms with E-state index < -0.39 is 28.4 Å². The van der Waals surface area contributed by atoms with Gasteiger partial charge in [0.2, 0.25) is 10.0 Å². The summed E-state index contributed by atoms with van der Waals surface area (Å²) in [5.74, 6) is -0.421.